The van der Waals surface area contributed by atoms with Gasteiger partial charge < -0.3 is 0 Å². The minimum Gasteiger partial charge on any atom is -0.204 e. The van der Waals surface area contributed by atoms with E-state index in [-0.39, 0.29) is 5.56 Å². The van der Waals surface area contributed by atoms with Gasteiger partial charge >= 0.3 is 0 Å². The molecule has 0 amide bonds. The van der Waals surface area contributed by atoms with Crippen LogP contribution >= 0.6 is 0 Å². The first-order chi connectivity index (χ1) is 6.38. The fourth-order valence-electron chi connectivity index (χ4n) is 1.17. The number of benzene rings is 1. The van der Waals surface area contributed by atoms with E-state index >= 15 is 0 Å². The Bertz CT molecular complexity index is 374. The van der Waals surface area contributed by atoms with Crippen LogP contribution in [0.1, 0.15) is 25.0 Å². The maximum atomic E-state index is 13.1. The van der Waals surface area contributed by atoms with E-state index in [0.717, 1.165) is 6.07 Å². The normalized spacial score (nSPS) is 11.1. The van der Waals surface area contributed by atoms with Crippen molar-refractivity contribution in [3.05, 3.63) is 34.9 Å². The van der Waals surface area contributed by atoms with Crippen LogP contribution < -0.4 is 0 Å². The lowest BCUT2D eigenvalue weighted by Crippen LogP contribution is -2.15. The third kappa shape index (κ3) is 1.77. The Kier molecular flexibility index (Phi) is 2.62. The van der Waals surface area contributed by atoms with Crippen molar-refractivity contribution < 1.29 is 8.78 Å². The van der Waals surface area contributed by atoms with Crippen molar-refractivity contribution in [3.8, 4) is 12.3 Å². The molecule has 0 nitrogen and oxygen atoms in total. The summed E-state index contributed by atoms with van der Waals surface area (Å²) in [6, 6.07) is 2.74. The number of aryl methyl sites for hydroxylation is 1. The lowest BCUT2D eigenvalue weighted by molar-refractivity contribution is 0.498. The van der Waals surface area contributed by atoms with Gasteiger partial charge in [-0.2, -0.15) is 0 Å². The van der Waals surface area contributed by atoms with Gasteiger partial charge in [0.05, 0.1) is 5.41 Å². The Balaban J connectivity index is 3.35. The molecule has 0 unspecified atom stereocenters. The molecule has 0 aliphatic carbocycles. The van der Waals surface area contributed by atoms with Crippen LogP contribution in [0.2, 0.25) is 0 Å². The van der Waals surface area contributed by atoms with E-state index in [4.69, 9.17) is 6.42 Å². The molecule has 2 heteroatoms. The molecule has 14 heavy (non-hydrogen) atoms. The van der Waals surface area contributed by atoms with Crippen LogP contribution in [-0.2, 0) is 5.41 Å². The predicted octanol–water partition coefficient (Wildman–Crippen LogP) is 3.18. The number of hydrogen-bond donors (Lipinski definition) is 0. The topological polar surface area (TPSA) is 0 Å². The van der Waals surface area contributed by atoms with Crippen LogP contribution in [-0.4, -0.2) is 0 Å². The van der Waals surface area contributed by atoms with Crippen LogP contribution in [0.15, 0.2) is 12.1 Å². The molecule has 0 fully saturated rings. The van der Waals surface area contributed by atoms with Gasteiger partial charge in [0, 0.05) is 0 Å². The number of halogens is 2. The monoisotopic (exact) mass is 194 g/mol. The molecule has 0 spiro atoms. The zero-order chi connectivity index (χ0) is 10.9. The van der Waals surface area contributed by atoms with Crippen molar-refractivity contribution in [1.82, 2.24) is 0 Å². The highest BCUT2D eigenvalue weighted by Gasteiger charge is 2.20. The van der Waals surface area contributed by atoms with Gasteiger partial charge in [-0.25, -0.2) is 8.78 Å². The second-order valence-electron chi connectivity index (χ2n) is 3.86. The minimum atomic E-state index is -0.844. The second kappa shape index (κ2) is 3.42. The summed E-state index contributed by atoms with van der Waals surface area (Å²) >= 11 is 0. The molecular formula is C12H12F2. The quantitative estimate of drug-likeness (QED) is 0.602. The second-order valence-corrected chi connectivity index (χ2v) is 3.86. The van der Waals surface area contributed by atoms with Crippen LogP contribution in [0, 0.1) is 30.9 Å². The molecule has 0 radical (unpaired) electrons. The van der Waals surface area contributed by atoms with Crippen LogP contribution in [0.3, 0.4) is 0 Å². The highest BCUT2D eigenvalue weighted by molar-refractivity contribution is 5.35. The van der Waals surface area contributed by atoms with Gasteiger partial charge in [-0.15, -0.1) is 6.42 Å². The van der Waals surface area contributed by atoms with E-state index in [2.05, 4.69) is 5.92 Å². The van der Waals surface area contributed by atoms with Gasteiger partial charge in [0.2, 0.25) is 0 Å². The van der Waals surface area contributed by atoms with E-state index in [9.17, 15) is 8.78 Å². The largest absolute Gasteiger partial charge is 0.204 e. The Morgan fingerprint density at radius 1 is 1.29 bits per heavy atom. The molecule has 0 atom stereocenters. The Morgan fingerprint density at radius 3 is 2.29 bits per heavy atom. The highest BCUT2D eigenvalue weighted by atomic mass is 19.2. The lowest BCUT2D eigenvalue weighted by atomic mass is 9.85. The lowest BCUT2D eigenvalue weighted by Gasteiger charge is -2.18. The van der Waals surface area contributed by atoms with Gasteiger partial charge in [-0.3, -0.25) is 0 Å². The van der Waals surface area contributed by atoms with E-state index in [1.54, 1.807) is 19.9 Å². The predicted molar refractivity (Wildman–Crippen MR) is 53.0 cm³/mol. The van der Waals surface area contributed by atoms with Crippen molar-refractivity contribution in [2.45, 2.75) is 26.2 Å². The molecule has 0 saturated carbocycles. The summed E-state index contributed by atoms with van der Waals surface area (Å²) < 4.78 is 26.0. The fraction of sp³-hybridized carbons (Fsp3) is 0.333. The molecule has 0 bridgehead atoms. The first kappa shape index (κ1) is 10.7. The SMILES string of the molecule is C#CC(C)(C)c1cc(C)c(F)c(F)c1. The standard InChI is InChI=1S/C12H12F2/c1-5-12(3,4)9-6-8(2)11(14)10(13)7-9/h1,6-7H,2-4H3. The first-order valence-electron chi connectivity index (χ1n) is 4.32. The van der Waals surface area contributed by atoms with Crippen molar-refractivity contribution in [1.29, 1.82) is 0 Å². The van der Waals surface area contributed by atoms with Gasteiger partial charge in [0.1, 0.15) is 0 Å². The Labute approximate surface area is 83.0 Å². The first-order valence-corrected chi connectivity index (χ1v) is 4.32. The zero-order valence-electron chi connectivity index (χ0n) is 8.49. The summed E-state index contributed by atoms with van der Waals surface area (Å²) in [5.74, 6) is 0.894. The average Bonchev–Trinajstić information content (AvgIpc) is 2.13. The molecule has 74 valence electrons. The maximum absolute atomic E-state index is 13.1. The van der Waals surface area contributed by atoms with Gasteiger partial charge in [0.15, 0.2) is 11.6 Å². The third-order valence-corrected chi connectivity index (χ3v) is 2.29. The molecule has 1 aromatic rings. The molecule has 0 aliphatic heterocycles. The van der Waals surface area contributed by atoms with E-state index in [0.29, 0.717) is 5.56 Å². The minimum absolute atomic E-state index is 0.281. The molecule has 0 aliphatic rings. The van der Waals surface area contributed by atoms with Crippen molar-refractivity contribution in [3.63, 3.8) is 0 Å². The molecule has 1 rings (SSSR count). The van der Waals surface area contributed by atoms with Crippen molar-refractivity contribution in [2.24, 2.45) is 0 Å². The van der Waals surface area contributed by atoms with Crippen molar-refractivity contribution >= 4 is 0 Å². The van der Waals surface area contributed by atoms with Crippen LogP contribution in [0.5, 0.6) is 0 Å². The molecule has 0 N–H and O–H groups in total. The van der Waals surface area contributed by atoms with Crippen LogP contribution in [0.25, 0.3) is 0 Å². The summed E-state index contributed by atoms with van der Waals surface area (Å²) in [4.78, 5) is 0. The van der Waals surface area contributed by atoms with Gasteiger partial charge in [-0.1, -0.05) is 12.0 Å². The van der Waals surface area contributed by atoms with Crippen molar-refractivity contribution in [2.75, 3.05) is 0 Å². The van der Waals surface area contributed by atoms with Gasteiger partial charge in [-0.05, 0) is 38.0 Å². The number of hydrogen-bond acceptors (Lipinski definition) is 0. The van der Waals surface area contributed by atoms with E-state index in [1.807, 2.05) is 0 Å². The van der Waals surface area contributed by atoms with E-state index < -0.39 is 17.0 Å². The average molecular weight is 194 g/mol. The Hall–Kier alpha value is -1.36. The number of rotatable bonds is 1. The fourth-order valence-corrected chi connectivity index (χ4v) is 1.17. The summed E-state index contributed by atoms with van der Waals surface area (Å²) in [6.07, 6.45) is 5.31. The van der Waals surface area contributed by atoms with Crippen LogP contribution in [0.4, 0.5) is 8.78 Å². The third-order valence-electron chi connectivity index (χ3n) is 2.29. The van der Waals surface area contributed by atoms with E-state index in [1.165, 1.54) is 6.92 Å². The van der Waals surface area contributed by atoms with Gasteiger partial charge in [0.25, 0.3) is 0 Å². The molecule has 1 aromatic carbocycles. The molecule has 0 heterocycles. The summed E-state index contributed by atoms with van der Waals surface area (Å²) in [7, 11) is 0. The number of terminal acetylenes is 1. The zero-order valence-corrected chi connectivity index (χ0v) is 8.49. The molecule has 0 aromatic heterocycles. The summed E-state index contributed by atoms with van der Waals surface area (Å²) in [5, 5.41) is 0. The highest BCUT2D eigenvalue weighted by Crippen LogP contribution is 2.25. The summed E-state index contributed by atoms with van der Waals surface area (Å²) in [5.41, 5.74) is 0.332. The maximum Gasteiger partial charge on any atom is 0.161 e. The Morgan fingerprint density at radius 2 is 1.86 bits per heavy atom. The summed E-state index contributed by atoms with van der Waals surface area (Å²) in [6.45, 7) is 5.10. The smallest absolute Gasteiger partial charge is 0.161 e. The molecular weight excluding hydrogens is 182 g/mol. The molecule has 0 saturated heterocycles.